The van der Waals surface area contributed by atoms with Gasteiger partial charge in [0.25, 0.3) is 5.91 Å². The van der Waals surface area contributed by atoms with Gasteiger partial charge >= 0.3 is 0 Å². The van der Waals surface area contributed by atoms with E-state index >= 15 is 0 Å². The molecule has 1 N–H and O–H groups in total. The summed E-state index contributed by atoms with van der Waals surface area (Å²) in [6.45, 7) is 2.68. The van der Waals surface area contributed by atoms with Crippen molar-refractivity contribution < 1.29 is 19.0 Å². The van der Waals surface area contributed by atoms with Gasteiger partial charge in [0.05, 0.1) is 25.0 Å². The van der Waals surface area contributed by atoms with Crippen molar-refractivity contribution in [2.75, 3.05) is 13.7 Å². The van der Waals surface area contributed by atoms with E-state index in [9.17, 15) is 4.79 Å². The molecule has 0 heterocycles. The minimum Gasteiger partial charge on any atom is -0.493 e. The number of nitrogens with zero attached hydrogens (tertiary/aromatic N) is 1. The van der Waals surface area contributed by atoms with Crippen molar-refractivity contribution in [2.45, 2.75) is 13.5 Å². The molecule has 0 aromatic heterocycles. The Morgan fingerprint density at radius 3 is 2.41 bits per heavy atom. The number of carbonyl (C=O) groups excluding carboxylic acids is 1. The summed E-state index contributed by atoms with van der Waals surface area (Å²) in [5.74, 6) is 1.22. The van der Waals surface area contributed by atoms with Gasteiger partial charge in [-0.05, 0) is 66.6 Å². The van der Waals surface area contributed by atoms with Gasteiger partial charge in [-0.2, -0.15) is 5.10 Å². The monoisotopic (exact) mass is 472 g/mol. The van der Waals surface area contributed by atoms with Crippen LogP contribution in [0.4, 0.5) is 0 Å². The number of amides is 1. The first-order chi connectivity index (χ1) is 15.5. The van der Waals surface area contributed by atoms with E-state index in [1.807, 2.05) is 19.1 Å². The van der Waals surface area contributed by atoms with E-state index in [1.165, 1.54) is 6.21 Å². The van der Waals surface area contributed by atoms with E-state index in [2.05, 4.69) is 10.5 Å². The molecule has 0 aliphatic rings. The molecule has 166 valence electrons. The van der Waals surface area contributed by atoms with Crippen LogP contribution in [-0.2, 0) is 6.61 Å². The highest BCUT2D eigenvalue weighted by Gasteiger charge is 2.10. The van der Waals surface area contributed by atoms with Crippen LogP contribution in [-0.4, -0.2) is 25.8 Å². The minimum absolute atomic E-state index is 0.367. The first-order valence-corrected chi connectivity index (χ1v) is 10.6. The molecule has 8 heteroatoms. The third-order valence-corrected chi connectivity index (χ3v) is 4.92. The predicted molar refractivity (Wildman–Crippen MR) is 126 cm³/mol. The maximum atomic E-state index is 12.4. The third kappa shape index (κ3) is 6.39. The summed E-state index contributed by atoms with van der Waals surface area (Å²) in [5, 5.41) is 5.11. The molecule has 0 bridgehead atoms. The van der Waals surface area contributed by atoms with Crippen molar-refractivity contribution >= 4 is 35.3 Å². The Bertz CT molecular complexity index is 1100. The standard InChI is InChI=1S/C24H22Cl2N2O4/c1-3-31-23-13-18(7-11-22(23)30-2)24(29)28-27-14-17-6-10-21(20(26)12-17)32-15-16-4-8-19(25)9-5-16/h4-14H,3,15H2,1-2H3,(H,28,29)/b27-14+. The second-order valence-electron chi connectivity index (χ2n) is 6.60. The second kappa shape index (κ2) is 11.4. The van der Waals surface area contributed by atoms with Gasteiger partial charge < -0.3 is 14.2 Å². The Hall–Kier alpha value is -3.22. The molecule has 0 atom stereocenters. The molecule has 0 spiro atoms. The Kier molecular flexibility index (Phi) is 8.36. The molecule has 0 saturated carbocycles. The fourth-order valence-corrected chi connectivity index (χ4v) is 3.14. The molecule has 0 unspecified atom stereocenters. The van der Waals surface area contributed by atoms with Crippen molar-refractivity contribution in [1.82, 2.24) is 5.43 Å². The highest BCUT2D eigenvalue weighted by molar-refractivity contribution is 6.32. The largest absolute Gasteiger partial charge is 0.493 e. The number of hydrazone groups is 1. The van der Waals surface area contributed by atoms with Crippen molar-refractivity contribution in [3.8, 4) is 17.2 Å². The lowest BCUT2D eigenvalue weighted by Gasteiger charge is -2.10. The van der Waals surface area contributed by atoms with Crippen LogP contribution < -0.4 is 19.6 Å². The first kappa shape index (κ1) is 23.4. The van der Waals surface area contributed by atoms with Crippen molar-refractivity contribution in [2.24, 2.45) is 5.10 Å². The van der Waals surface area contributed by atoms with E-state index in [4.69, 9.17) is 37.4 Å². The van der Waals surface area contributed by atoms with Gasteiger partial charge in [-0.3, -0.25) is 4.79 Å². The molecule has 3 aromatic carbocycles. The lowest BCUT2D eigenvalue weighted by Crippen LogP contribution is -2.17. The van der Waals surface area contributed by atoms with Crippen LogP contribution in [0.2, 0.25) is 10.0 Å². The number of hydrogen-bond donors (Lipinski definition) is 1. The summed E-state index contributed by atoms with van der Waals surface area (Å²) in [6.07, 6.45) is 1.50. The van der Waals surface area contributed by atoms with Gasteiger partial charge in [0.2, 0.25) is 0 Å². The molecule has 0 radical (unpaired) electrons. The average molecular weight is 473 g/mol. The SMILES string of the molecule is CCOc1cc(C(=O)N/N=C/c2ccc(OCc3ccc(Cl)cc3)c(Cl)c2)ccc1OC. The van der Waals surface area contributed by atoms with Crippen LogP contribution >= 0.6 is 23.2 Å². The summed E-state index contributed by atoms with van der Waals surface area (Å²) in [7, 11) is 1.54. The van der Waals surface area contributed by atoms with Crippen molar-refractivity contribution in [3.63, 3.8) is 0 Å². The summed E-state index contributed by atoms with van der Waals surface area (Å²) in [4.78, 5) is 12.4. The van der Waals surface area contributed by atoms with Gasteiger partial charge in [-0.25, -0.2) is 5.43 Å². The number of nitrogens with one attached hydrogen (secondary N) is 1. The average Bonchev–Trinajstić information content (AvgIpc) is 2.79. The van der Waals surface area contributed by atoms with E-state index < -0.39 is 0 Å². The molecular weight excluding hydrogens is 451 g/mol. The van der Waals surface area contributed by atoms with Crippen molar-refractivity contribution in [3.05, 3.63) is 87.4 Å². The zero-order valence-corrected chi connectivity index (χ0v) is 19.1. The van der Waals surface area contributed by atoms with E-state index in [-0.39, 0.29) is 5.91 Å². The maximum Gasteiger partial charge on any atom is 0.271 e. The Labute approximate surface area is 196 Å². The van der Waals surface area contributed by atoms with Crippen LogP contribution in [0.1, 0.15) is 28.4 Å². The van der Waals surface area contributed by atoms with Gasteiger partial charge in [0, 0.05) is 10.6 Å². The molecule has 32 heavy (non-hydrogen) atoms. The lowest BCUT2D eigenvalue weighted by atomic mass is 10.2. The summed E-state index contributed by atoms with van der Waals surface area (Å²) >= 11 is 12.2. The van der Waals surface area contributed by atoms with Crippen LogP contribution in [0, 0.1) is 0 Å². The summed E-state index contributed by atoms with van der Waals surface area (Å²) in [5.41, 5.74) is 4.57. The van der Waals surface area contributed by atoms with Gasteiger partial charge in [0.1, 0.15) is 12.4 Å². The Balaban J connectivity index is 1.59. The smallest absolute Gasteiger partial charge is 0.271 e. The minimum atomic E-state index is -0.376. The molecular formula is C24H22Cl2N2O4. The molecule has 0 fully saturated rings. The van der Waals surface area contributed by atoms with E-state index in [1.54, 1.807) is 55.6 Å². The summed E-state index contributed by atoms with van der Waals surface area (Å²) in [6, 6.07) is 17.5. The number of benzene rings is 3. The molecule has 0 aliphatic heterocycles. The molecule has 3 rings (SSSR count). The fourth-order valence-electron chi connectivity index (χ4n) is 2.77. The number of rotatable bonds is 9. The Morgan fingerprint density at radius 2 is 1.72 bits per heavy atom. The molecule has 6 nitrogen and oxygen atoms in total. The number of carbonyl (C=O) groups is 1. The van der Waals surface area contributed by atoms with E-state index in [0.29, 0.717) is 51.6 Å². The fraction of sp³-hybridized carbons (Fsp3) is 0.167. The highest BCUT2D eigenvalue weighted by atomic mass is 35.5. The van der Waals surface area contributed by atoms with E-state index in [0.717, 1.165) is 5.56 Å². The maximum absolute atomic E-state index is 12.4. The van der Waals surface area contributed by atoms with Crippen LogP contribution in [0.5, 0.6) is 17.2 Å². The van der Waals surface area contributed by atoms with Gasteiger partial charge in [-0.15, -0.1) is 0 Å². The van der Waals surface area contributed by atoms with Gasteiger partial charge in [0.15, 0.2) is 11.5 Å². The van der Waals surface area contributed by atoms with Gasteiger partial charge in [-0.1, -0.05) is 35.3 Å². The quantitative estimate of drug-likeness (QED) is 0.318. The van der Waals surface area contributed by atoms with Crippen molar-refractivity contribution in [1.29, 1.82) is 0 Å². The topological polar surface area (TPSA) is 69.2 Å². The number of hydrogen-bond acceptors (Lipinski definition) is 5. The third-order valence-electron chi connectivity index (χ3n) is 4.37. The summed E-state index contributed by atoms with van der Waals surface area (Å²) < 4.78 is 16.5. The van der Waals surface area contributed by atoms with Crippen LogP contribution in [0.15, 0.2) is 65.8 Å². The molecule has 3 aromatic rings. The zero-order chi connectivity index (χ0) is 22.9. The molecule has 0 aliphatic carbocycles. The van der Waals surface area contributed by atoms with Crippen LogP contribution in [0.25, 0.3) is 0 Å². The predicted octanol–water partition coefficient (Wildman–Crippen LogP) is 5.74. The number of halogens is 2. The molecule has 1 amide bonds. The first-order valence-electron chi connectivity index (χ1n) is 9.81. The van der Waals surface area contributed by atoms with Crippen LogP contribution in [0.3, 0.4) is 0 Å². The Morgan fingerprint density at radius 1 is 0.969 bits per heavy atom. The lowest BCUT2D eigenvalue weighted by molar-refractivity contribution is 0.0954. The zero-order valence-electron chi connectivity index (χ0n) is 17.6. The second-order valence-corrected chi connectivity index (χ2v) is 7.45. The normalized spacial score (nSPS) is 10.8. The highest BCUT2D eigenvalue weighted by Crippen LogP contribution is 2.28. The number of methoxy groups -OCH3 is 1. The molecule has 0 saturated heterocycles. The number of ether oxygens (including phenoxy) is 3.